The number of halogens is 2. The molecule has 0 bridgehead atoms. The molecule has 0 spiro atoms. The van der Waals surface area contributed by atoms with Gasteiger partial charge in [0, 0.05) is 23.2 Å². The van der Waals surface area contributed by atoms with Gasteiger partial charge in [-0.25, -0.2) is 0 Å². The zero-order valence-corrected chi connectivity index (χ0v) is 19.1. The van der Waals surface area contributed by atoms with E-state index in [1.807, 2.05) is 92.8 Å². The van der Waals surface area contributed by atoms with Crippen LogP contribution in [0.25, 0.3) is 12.2 Å². The Hall–Kier alpha value is -2.12. The van der Waals surface area contributed by atoms with Crippen LogP contribution in [-0.2, 0) is 0 Å². The first-order chi connectivity index (χ1) is 14.5. The second kappa shape index (κ2) is 7.85. The Morgan fingerprint density at radius 2 is 1.03 bits per heavy atom. The normalized spacial score (nSPS) is 29.7. The van der Waals surface area contributed by atoms with Crippen molar-refractivity contribution in [2.75, 3.05) is 7.85 Å². The molecule has 4 nitrogen and oxygen atoms in total. The first-order valence-electron chi connectivity index (χ1n) is 9.80. The summed E-state index contributed by atoms with van der Waals surface area (Å²) in [6, 6.07) is 16.1. The van der Waals surface area contributed by atoms with Gasteiger partial charge in [0.1, 0.15) is 0 Å². The number of fused-ring (bicyclic) bond motifs is 2. The van der Waals surface area contributed by atoms with Gasteiger partial charge in [0.15, 0.2) is 0 Å². The highest BCUT2D eigenvalue weighted by molar-refractivity contribution is 9.10. The average Bonchev–Trinajstić information content (AvgIpc) is 2.78. The number of para-hydroxylation sites is 2. The second-order valence-electron chi connectivity index (χ2n) is 7.66. The molecule has 0 aromatic heterocycles. The fourth-order valence-electron chi connectivity index (χ4n) is 4.18. The molecule has 1 saturated carbocycles. The van der Waals surface area contributed by atoms with E-state index in [2.05, 4.69) is 32.3 Å². The summed E-state index contributed by atoms with van der Waals surface area (Å²) in [7, 11) is 0. The van der Waals surface area contributed by atoms with Crippen LogP contribution in [0.3, 0.4) is 0 Å². The van der Waals surface area contributed by atoms with E-state index in [4.69, 9.17) is 0 Å². The van der Waals surface area contributed by atoms with Gasteiger partial charge in [-0.15, -0.1) is 0 Å². The van der Waals surface area contributed by atoms with E-state index in [9.17, 15) is 10.2 Å². The van der Waals surface area contributed by atoms with Crippen molar-refractivity contribution in [1.82, 2.24) is 0 Å². The van der Waals surface area contributed by atoms with E-state index in [0.29, 0.717) is 0 Å². The van der Waals surface area contributed by atoms with Crippen molar-refractivity contribution in [3.8, 4) is 0 Å². The zero-order chi connectivity index (χ0) is 20.8. The minimum atomic E-state index is -0.655. The molecule has 2 N–H and O–H groups in total. The number of allylic oxidation sites excluding steroid dienone is 2. The van der Waals surface area contributed by atoms with Crippen molar-refractivity contribution < 1.29 is 10.2 Å². The minimum Gasteiger partial charge on any atom is -0.392 e. The smallest absolute Gasteiger partial charge is 0.0717 e. The van der Waals surface area contributed by atoms with E-state index in [1.165, 1.54) is 0 Å². The fourth-order valence-corrected chi connectivity index (χ4v) is 5.30. The van der Waals surface area contributed by atoms with Gasteiger partial charge in [-0.2, -0.15) is 0 Å². The lowest BCUT2D eigenvalue weighted by molar-refractivity contribution is -0.110. The van der Waals surface area contributed by atoms with Crippen molar-refractivity contribution in [3.05, 3.63) is 95.4 Å². The topological polar surface area (TPSA) is 46.9 Å². The van der Waals surface area contributed by atoms with Crippen molar-refractivity contribution in [1.29, 1.82) is 0 Å². The number of nitrogens with zero attached hydrogens (tertiary/aromatic N) is 2. The van der Waals surface area contributed by atoms with Crippen LogP contribution in [0.15, 0.2) is 84.2 Å². The minimum absolute atomic E-state index is 0.333. The lowest BCUT2D eigenvalue weighted by Crippen LogP contribution is -2.54. The van der Waals surface area contributed by atoms with Crippen LogP contribution in [0.2, 0.25) is 0 Å². The van der Waals surface area contributed by atoms with Gasteiger partial charge in [-0.3, -0.25) is 7.85 Å². The molecule has 5 rings (SSSR count). The molecule has 0 atom stereocenters. The summed E-state index contributed by atoms with van der Waals surface area (Å²) >= 11 is 7.22. The number of aliphatic hydroxyl groups is 2. The van der Waals surface area contributed by atoms with Gasteiger partial charge in [-0.05, 0) is 35.4 Å². The lowest BCUT2D eigenvalue weighted by Gasteiger charge is -2.45. The Labute approximate surface area is 192 Å². The number of hydrogen-bond donors (Lipinski definition) is 2. The third-order valence-corrected chi connectivity index (χ3v) is 7.50. The highest BCUT2D eigenvalue weighted by Crippen LogP contribution is 2.42. The Morgan fingerprint density at radius 1 is 0.633 bits per heavy atom. The predicted molar refractivity (Wildman–Crippen MR) is 129 cm³/mol. The van der Waals surface area contributed by atoms with Crippen molar-refractivity contribution in [3.63, 3.8) is 0 Å². The quantitative estimate of drug-likeness (QED) is 0.513. The maximum atomic E-state index is 10.8. The summed E-state index contributed by atoms with van der Waals surface area (Å²) in [6.07, 6.45) is 10.6. The van der Waals surface area contributed by atoms with Gasteiger partial charge >= 0.3 is 0 Å². The number of aliphatic hydroxyl groups excluding tert-OH is 2. The molecule has 2 aliphatic heterocycles. The van der Waals surface area contributed by atoms with Crippen molar-refractivity contribution >= 4 is 55.8 Å². The molecule has 1 aliphatic carbocycles. The molecular weight excluding hydrogens is 508 g/mol. The van der Waals surface area contributed by atoms with Crippen LogP contribution in [0.5, 0.6) is 0 Å². The molecule has 0 unspecified atom stereocenters. The van der Waals surface area contributed by atoms with Crippen LogP contribution in [0, 0.1) is 11.8 Å². The molecular formula is C24H20Br2N2O2. The van der Waals surface area contributed by atoms with Crippen molar-refractivity contribution in [2.45, 2.75) is 12.2 Å². The summed E-state index contributed by atoms with van der Waals surface area (Å²) in [4.78, 5) is 0. The van der Waals surface area contributed by atoms with Crippen LogP contribution < -0.4 is 7.85 Å². The fraction of sp³-hybridized carbons (Fsp3) is 0.167. The Kier molecular flexibility index (Phi) is 5.19. The molecule has 3 aliphatic rings. The standard InChI is InChI=1S/C24H20Br2N2O2/c25-27-17(11-9-15-5-1-3-7-21(15)27)13-19-23(29)20(24(19)30)14-18-12-10-16-6-2-4-8-22(16)28(18)26/h1-14,19-20,23-24,29-30H. The summed E-state index contributed by atoms with van der Waals surface area (Å²) in [5.41, 5.74) is 6.10. The molecule has 152 valence electrons. The average molecular weight is 528 g/mol. The van der Waals surface area contributed by atoms with Gasteiger partial charge in [0.25, 0.3) is 0 Å². The van der Waals surface area contributed by atoms with Gasteiger partial charge < -0.3 is 10.2 Å². The Morgan fingerprint density at radius 3 is 1.47 bits per heavy atom. The van der Waals surface area contributed by atoms with Crippen LogP contribution in [-0.4, -0.2) is 22.4 Å². The molecule has 1 fully saturated rings. The highest BCUT2D eigenvalue weighted by Gasteiger charge is 2.47. The number of anilines is 2. The van der Waals surface area contributed by atoms with Gasteiger partial charge in [-0.1, -0.05) is 60.7 Å². The van der Waals surface area contributed by atoms with Gasteiger partial charge in [0.2, 0.25) is 0 Å². The third kappa shape index (κ3) is 3.28. The predicted octanol–water partition coefficient (Wildman–Crippen LogP) is 5.41. The Bertz CT molecular complexity index is 1010. The number of hydrogen-bond acceptors (Lipinski definition) is 4. The van der Waals surface area contributed by atoms with Crippen molar-refractivity contribution in [2.24, 2.45) is 11.8 Å². The second-order valence-corrected chi connectivity index (χ2v) is 9.08. The monoisotopic (exact) mass is 526 g/mol. The molecule has 0 amide bonds. The largest absolute Gasteiger partial charge is 0.392 e. The highest BCUT2D eigenvalue weighted by atomic mass is 79.9. The van der Waals surface area contributed by atoms with E-state index in [0.717, 1.165) is 33.9 Å². The third-order valence-electron chi connectivity index (χ3n) is 5.92. The molecule has 2 aromatic rings. The summed E-state index contributed by atoms with van der Waals surface area (Å²) in [5.74, 6) is -0.666. The van der Waals surface area contributed by atoms with Gasteiger partial charge in [0.05, 0.1) is 55.9 Å². The van der Waals surface area contributed by atoms with E-state index in [1.54, 1.807) is 0 Å². The molecule has 6 heteroatoms. The first kappa shape index (κ1) is 19.8. The molecule has 0 radical (unpaired) electrons. The Balaban J connectivity index is 1.35. The zero-order valence-electron chi connectivity index (χ0n) is 15.9. The molecule has 2 aromatic carbocycles. The molecule has 0 saturated heterocycles. The maximum Gasteiger partial charge on any atom is 0.0717 e. The molecule has 2 heterocycles. The maximum absolute atomic E-state index is 10.8. The first-order valence-corrected chi connectivity index (χ1v) is 11.2. The lowest BCUT2D eigenvalue weighted by atomic mass is 9.68. The summed E-state index contributed by atoms with van der Waals surface area (Å²) in [6.45, 7) is 0. The summed E-state index contributed by atoms with van der Waals surface area (Å²) in [5, 5.41) is 21.6. The van der Waals surface area contributed by atoms with Crippen LogP contribution in [0.4, 0.5) is 11.4 Å². The van der Waals surface area contributed by atoms with E-state index < -0.39 is 12.2 Å². The number of rotatable bonds is 2. The van der Waals surface area contributed by atoms with Crippen LogP contribution in [0.1, 0.15) is 11.1 Å². The van der Waals surface area contributed by atoms with Crippen LogP contribution >= 0.6 is 32.3 Å². The van der Waals surface area contributed by atoms with E-state index >= 15 is 0 Å². The molecule has 30 heavy (non-hydrogen) atoms. The summed E-state index contributed by atoms with van der Waals surface area (Å²) < 4.78 is 3.82. The SMILES string of the molecule is OC1C(C=C2C=Cc3ccccc3N2Br)C(O)C1C=C1C=Cc2ccccc2N1Br. The van der Waals surface area contributed by atoms with E-state index in [-0.39, 0.29) is 11.8 Å². The number of benzene rings is 2.